The van der Waals surface area contributed by atoms with E-state index >= 15 is 0 Å². The van der Waals surface area contributed by atoms with Crippen molar-refractivity contribution in [3.8, 4) is 11.8 Å². The molecule has 1 unspecified atom stereocenters. The highest BCUT2D eigenvalue weighted by Crippen LogP contribution is 2.39. The largest absolute Gasteiger partial charge is 0.438 e. The molecule has 8 nitrogen and oxygen atoms in total. The molecule has 2 aliphatic heterocycles. The van der Waals surface area contributed by atoms with Gasteiger partial charge < -0.3 is 15.0 Å². The summed E-state index contributed by atoms with van der Waals surface area (Å²) in [5.41, 5.74) is -0.437. The predicted molar refractivity (Wildman–Crippen MR) is 111 cm³/mol. The van der Waals surface area contributed by atoms with E-state index < -0.39 is 34.8 Å². The molecular weight excluding hydrogens is 449 g/mol. The Kier molecular flexibility index (Phi) is 5.56. The van der Waals surface area contributed by atoms with Crippen LogP contribution in [-0.2, 0) is 6.18 Å². The summed E-state index contributed by atoms with van der Waals surface area (Å²) in [6, 6.07) is 5.14. The lowest BCUT2D eigenvalue weighted by Gasteiger charge is -2.36. The van der Waals surface area contributed by atoms with Crippen molar-refractivity contribution in [3.63, 3.8) is 0 Å². The second kappa shape index (κ2) is 8.20. The van der Waals surface area contributed by atoms with E-state index in [9.17, 15) is 18.0 Å². The summed E-state index contributed by atoms with van der Waals surface area (Å²) in [4.78, 5) is 17.9. The van der Waals surface area contributed by atoms with Crippen molar-refractivity contribution in [3.05, 3.63) is 62.2 Å². The van der Waals surface area contributed by atoms with Crippen LogP contribution in [0.4, 0.5) is 18.9 Å². The van der Waals surface area contributed by atoms with Gasteiger partial charge in [0.1, 0.15) is 22.5 Å². The number of nitrogens with one attached hydrogen (secondary N) is 2. The van der Waals surface area contributed by atoms with Gasteiger partial charge in [0, 0.05) is 17.8 Å². The normalized spacial score (nSPS) is 18.4. The molecule has 3 heterocycles. The first-order chi connectivity index (χ1) is 15.2. The van der Waals surface area contributed by atoms with E-state index in [1.165, 1.54) is 12.3 Å². The molecule has 2 N–H and O–H groups in total. The van der Waals surface area contributed by atoms with Crippen LogP contribution >= 0.6 is 11.6 Å². The summed E-state index contributed by atoms with van der Waals surface area (Å²) in [7, 11) is 0. The maximum atomic E-state index is 13.6. The van der Waals surface area contributed by atoms with Gasteiger partial charge in [-0.15, -0.1) is 0 Å². The maximum absolute atomic E-state index is 13.6. The zero-order chi connectivity index (χ0) is 23.0. The molecule has 2 aliphatic rings. The minimum atomic E-state index is -4.77. The Morgan fingerprint density at radius 1 is 1.38 bits per heavy atom. The Labute approximate surface area is 185 Å². The van der Waals surface area contributed by atoms with E-state index in [4.69, 9.17) is 21.6 Å². The van der Waals surface area contributed by atoms with E-state index in [1.807, 2.05) is 4.90 Å². The fraction of sp³-hybridized carbons (Fsp3) is 0.300. The minimum Gasteiger partial charge on any atom is -0.438 e. The zero-order valence-electron chi connectivity index (χ0n) is 16.6. The summed E-state index contributed by atoms with van der Waals surface area (Å²) in [6.07, 6.45) is -3.43. The molecule has 0 radical (unpaired) electrons. The lowest BCUT2D eigenvalue weighted by atomic mass is 10.0. The average molecular weight is 465 g/mol. The first-order valence-electron chi connectivity index (χ1n) is 9.52. The standard InChI is InChI=1S/C20H16ClF3N6O2/c1-10-27-13-9-30(14-8-26-29-18(31)17(14)21)6-5-12(13)19(28-10)32-15-4-2-3-11(7-25)16(15)20(22,23)24/h2-4,8,10,27H,5-6,9H2,1H3,(H,29,31). The van der Waals surface area contributed by atoms with Gasteiger partial charge in [0.15, 0.2) is 0 Å². The molecule has 0 saturated heterocycles. The highest BCUT2D eigenvalue weighted by molar-refractivity contribution is 6.33. The Balaban J connectivity index is 1.68. The number of benzene rings is 1. The van der Waals surface area contributed by atoms with Crippen LogP contribution in [0.3, 0.4) is 0 Å². The van der Waals surface area contributed by atoms with E-state index in [0.717, 1.165) is 12.1 Å². The second-order valence-electron chi connectivity index (χ2n) is 7.17. The fourth-order valence-corrected chi connectivity index (χ4v) is 3.87. The molecule has 0 saturated carbocycles. The van der Waals surface area contributed by atoms with Crippen LogP contribution in [0.5, 0.6) is 5.75 Å². The van der Waals surface area contributed by atoms with Crippen molar-refractivity contribution in [1.82, 2.24) is 15.5 Å². The molecule has 32 heavy (non-hydrogen) atoms. The molecule has 4 rings (SSSR count). The number of halogens is 4. The van der Waals surface area contributed by atoms with Crippen molar-refractivity contribution < 1.29 is 17.9 Å². The van der Waals surface area contributed by atoms with Crippen LogP contribution in [0, 0.1) is 11.3 Å². The number of aliphatic imine (C=N–C) groups is 1. The summed E-state index contributed by atoms with van der Waals surface area (Å²) in [5.74, 6) is -0.429. The van der Waals surface area contributed by atoms with Crippen molar-refractivity contribution in [2.24, 2.45) is 4.99 Å². The number of H-pyrrole nitrogens is 1. The molecule has 12 heteroatoms. The molecular formula is C20H16ClF3N6O2. The Bertz CT molecular complexity index is 1230. The number of alkyl halides is 3. The lowest BCUT2D eigenvalue weighted by molar-refractivity contribution is -0.138. The van der Waals surface area contributed by atoms with Gasteiger partial charge in [0.25, 0.3) is 5.56 Å². The molecule has 0 amide bonds. The number of anilines is 1. The average Bonchev–Trinajstić information content (AvgIpc) is 2.74. The third kappa shape index (κ3) is 4.01. The number of aromatic amines is 1. The highest BCUT2D eigenvalue weighted by Gasteiger charge is 2.38. The third-order valence-corrected chi connectivity index (χ3v) is 5.42. The van der Waals surface area contributed by atoms with Crippen LogP contribution in [0.25, 0.3) is 0 Å². The molecule has 2 aromatic rings. The first kappa shape index (κ1) is 21.7. The van der Waals surface area contributed by atoms with E-state index in [2.05, 4.69) is 20.5 Å². The van der Waals surface area contributed by atoms with Crippen LogP contribution in [-0.4, -0.2) is 35.4 Å². The SMILES string of the molecule is CC1N=C(Oc2cccc(C#N)c2C(F)(F)F)C2=C(CN(c3cn[nH]c(=O)c3Cl)CC2)N1. The van der Waals surface area contributed by atoms with E-state index in [1.54, 1.807) is 13.0 Å². The van der Waals surface area contributed by atoms with Crippen LogP contribution in [0.1, 0.15) is 24.5 Å². The van der Waals surface area contributed by atoms with Crippen molar-refractivity contribution in [2.45, 2.75) is 25.7 Å². The maximum Gasteiger partial charge on any atom is 0.421 e. The fourth-order valence-electron chi connectivity index (χ4n) is 3.66. The number of hydrogen-bond acceptors (Lipinski definition) is 7. The summed E-state index contributed by atoms with van der Waals surface area (Å²) in [5, 5.41) is 18.3. The van der Waals surface area contributed by atoms with Crippen molar-refractivity contribution in [2.75, 3.05) is 18.0 Å². The molecule has 0 aliphatic carbocycles. The molecule has 166 valence electrons. The van der Waals surface area contributed by atoms with Gasteiger partial charge in [-0.1, -0.05) is 17.7 Å². The highest BCUT2D eigenvalue weighted by atomic mass is 35.5. The number of rotatable bonds is 2. The first-order valence-corrected chi connectivity index (χ1v) is 9.90. The summed E-state index contributed by atoms with van der Waals surface area (Å²) < 4.78 is 46.5. The Hall–Kier alpha value is -3.52. The Morgan fingerprint density at radius 3 is 2.88 bits per heavy atom. The topological polar surface area (TPSA) is 106 Å². The molecule has 0 spiro atoms. The van der Waals surface area contributed by atoms with Gasteiger partial charge in [-0.3, -0.25) is 4.79 Å². The Morgan fingerprint density at radius 2 is 2.16 bits per heavy atom. The van der Waals surface area contributed by atoms with Gasteiger partial charge in [-0.25, -0.2) is 10.1 Å². The van der Waals surface area contributed by atoms with Gasteiger partial charge in [-0.2, -0.15) is 23.5 Å². The van der Waals surface area contributed by atoms with Crippen LogP contribution in [0.2, 0.25) is 5.02 Å². The number of nitrogens with zero attached hydrogens (tertiary/aromatic N) is 4. The molecule has 1 aromatic carbocycles. The van der Waals surface area contributed by atoms with Gasteiger partial charge in [-0.05, 0) is 25.5 Å². The second-order valence-corrected chi connectivity index (χ2v) is 7.55. The third-order valence-electron chi connectivity index (χ3n) is 5.05. The molecule has 0 fully saturated rings. The van der Waals surface area contributed by atoms with E-state index in [0.29, 0.717) is 36.5 Å². The number of nitriles is 1. The lowest BCUT2D eigenvalue weighted by Crippen LogP contribution is -2.44. The summed E-state index contributed by atoms with van der Waals surface area (Å²) in [6.45, 7) is 2.44. The number of hydrogen-bond donors (Lipinski definition) is 2. The van der Waals surface area contributed by atoms with Crippen molar-refractivity contribution >= 4 is 23.2 Å². The molecule has 1 aromatic heterocycles. The van der Waals surface area contributed by atoms with Crippen molar-refractivity contribution in [1.29, 1.82) is 5.26 Å². The van der Waals surface area contributed by atoms with Gasteiger partial charge in [0.05, 0.1) is 30.1 Å². The predicted octanol–water partition coefficient (Wildman–Crippen LogP) is 3.20. The number of ether oxygens (including phenoxy) is 1. The smallest absolute Gasteiger partial charge is 0.421 e. The monoisotopic (exact) mass is 464 g/mol. The van der Waals surface area contributed by atoms with Crippen LogP contribution in [0.15, 0.2) is 45.5 Å². The quantitative estimate of drug-likeness (QED) is 0.707. The van der Waals surface area contributed by atoms with Crippen LogP contribution < -0.4 is 20.5 Å². The molecule has 1 atom stereocenters. The summed E-state index contributed by atoms with van der Waals surface area (Å²) >= 11 is 6.11. The molecule has 0 bridgehead atoms. The van der Waals surface area contributed by atoms with Gasteiger partial charge in [0.2, 0.25) is 5.90 Å². The van der Waals surface area contributed by atoms with E-state index in [-0.39, 0.29) is 10.9 Å². The van der Waals surface area contributed by atoms with Gasteiger partial charge >= 0.3 is 6.18 Å². The zero-order valence-corrected chi connectivity index (χ0v) is 17.4. The minimum absolute atomic E-state index is 0.00110. The number of aromatic nitrogens is 2.